The smallest absolute Gasteiger partial charge is 0.275 e. The molecule has 0 aliphatic carbocycles. The second kappa shape index (κ2) is 8.41. The van der Waals surface area contributed by atoms with Crippen LogP contribution in [-0.2, 0) is 0 Å². The van der Waals surface area contributed by atoms with Gasteiger partial charge >= 0.3 is 0 Å². The van der Waals surface area contributed by atoms with Crippen LogP contribution in [0.15, 0.2) is 47.2 Å². The first-order valence-corrected chi connectivity index (χ1v) is 10.4. The molecule has 168 valence electrons. The summed E-state index contributed by atoms with van der Waals surface area (Å²) in [6.45, 7) is 2.32. The molecule has 4 heterocycles. The fraction of sp³-hybridized carbons (Fsp3) is 0.273. The first kappa shape index (κ1) is 20.7. The summed E-state index contributed by atoms with van der Waals surface area (Å²) in [7, 11) is 1.38. The van der Waals surface area contributed by atoms with Crippen molar-refractivity contribution in [2.45, 2.75) is 25.8 Å². The number of carbonyl (C=O) groups excluding carboxylic acids is 1. The first-order chi connectivity index (χ1) is 16.1. The minimum atomic E-state index is -0.524. The fourth-order valence-electron chi connectivity index (χ4n) is 3.98. The van der Waals surface area contributed by atoms with Crippen molar-refractivity contribution in [2.24, 2.45) is 0 Å². The lowest BCUT2D eigenvalue weighted by Crippen LogP contribution is -2.32. The number of hydrogen-bond acceptors (Lipinski definition) is 8. The van der Waals surface area contributed by atoms with Gasteiger partial charge in [-0.15, -0.1) is 4.80 Å². The maximum Gasteiger partial charge on any atom is 0.275 e. The number of likely N-dealkylation sites (tertiary alicyclic amines) is 1. The second-order valence-electron chi connectivity index (χ2n) is 7.57. The van der Waals surface area contributed by atoms with E-state index in [0.29, 0.717) is 29.9 Å². The summed E-state index contributed by atoms with van der Waals surface area (Å²) in [4.78, 5) is 25.5. The molecule has 4 aromatic rings. The van der Waals surface area contributed by atoms with E-state index in [0.717, 1.165) is 6.42 Å². The molecule has 1 saturated heterocycles. The molecular formula is C22H20FN7O3. The van der Waals surface area contributed by atoms with Crippen molar-refractivity contribution in [1.82, 2.24) is 35.0 Å². The minimum absolute atomic E-state index is 0.0320. The molecule has 1 aliphatic rings. The van der Waals surface area contributed by atoms with Gasteiger partial charge in [0, 0.05) is 12.2 Å². The van der Waals surface area contributed by atoms with E-state index in [1.165, 1.54) is 30.4 Å². The fourth-order valence-corrected chi connectivity index (χ4v) is 3.98. The highest BCUT2D eigenvalue weighted by Gasteiger charge is 2.36. The highest BCUT2D eigenvalue weighted by molar-refractivity contribution is 5.96. The summed E-state index contributed by atoms with van der Waals surface area (Å²) in [5.41, 5.74) is 1.79. The molecule has 33 heavy (non-hydrogen) atoms. The van der Waals surface area contributed by atoms with E-state index in [9.17, 15) is 9.18 Å². The van der Waals surface area contributed by atoms with E-state index < -0.39 is 11.9 Å². The maximum atomic E-state index is 14.1. The summed E-state index contributed by atoms with van der Waals surface area (Å²) in [5, 5.41) is 12.3. The molecule has 5 rings (SSSR count). The largest absolute Gasteiger partial charge is 0.493 e. The van der Waals surface area contributed by atoms with Gasteiger partial charge in [0.05, 0.1) is 25.1 Å². The number of carbonyl (C=O) groups is 1. The third-order valence-electron chi connectivity index (χ3n) is 5.50. The monoisotopic (exact) mass is 449 g/mol. The van der Waals surface area contributed by atoms with Crippen molar-refractivity contribution in [1.29, 1.82) is 0 Å². The van der Waals surface area contributed by atoms with E-state index in [1.54, 1.807) is 29.2 Å². The van der Waals surface area contributed by atoms with Crippen LogP contribution >= 0.6 is 0 Å². The van der Waals surface area contributed by atoms with E-state index in [2.05, 4.69) is 25.3 Å². The number of amides is 1. The average molecular weight is 449 g/mol. The number of hydrogen-bond donors (Lipinski definition) is 0. The Bertz CT molecular complexity index is 1310. The normalized spacial score (nSPS) is 15.7. The van der Waals surface area contributed by atoms with E-state index in [-0.39, 0.29) is 29.1 Å². The molecule has 11 heteroatoms. The Morgan fingerprint density at radius 3 is 2.79 bits per heavy atom. The van der Waals surface area contributed by atoms with Crippen molar-refractivity contribution in [2.75, 3.05) is 13.7 Å². The maximum absolute atomic E-state index is 14.1. The Balaban J connectivity index is 1.48. The van der Waals surface area contributed by atoms with Crippen molar-refractivity contribution >= 4 is 5.91 Å². The zero-order valence-electron chi connectivity index (χ0n) is 18.0. The SMILES string of the molecule is COc1c(F)cccc1-c1noc([C@@H]2CCCN2C(=O)c2nc(C)ccc2-n2nccn2)n1. The number of nitrogens with zero attached hydrogens (tertiary/aromatic N) is 7. The number of aromatic nitrogens is 6. The Hall–Kier alpha value is -4.15. The quantitative estimate of drug-likeness (QED) is 0.457. The number of methoxy groups -OCH3 is 1. The van der Waals surface area contributed by atoms with Crippen molar-refractivity contribution in [3.8, 4) is 22.8 Å². The molecule has 0 spiro atoms. The van der Waals surface area contributed by atoms with E-state index in [1.807, 2.05) is 6.92 Å². The van der Waals surface area contributed by atoms with Gasteiger partial charge < -0.3 is 14.2 Å². The number of benzene rings is 1. The predicted octanol–water partition coefficient (Wildman–Crippen LogP) is 3.15. The average Bonchev–Trinajstić information content (AvgIpc) is 3.59. The molecule has 1 aromatic carbocycles. The van der Waals surface area contributed by atoms with Gasteiger partial charge in [0.15, 0.2) is 17.3 Å². The summed E-state index contributed by atoms with van der Waals surface area (Å²) in [6.07, 6.45) is 4.48. The zero-order valence-corrected chi connectivity index (χ0v) is 18.0. The number of halogens is 1. The Morgan fingerprint density at radius 2 is 2.00 bits per heavy atom. The van der Waals surface area contributed by atoms with Gasteiger partial charge in [0.25, 0.3) is 5.91 Å². The predicted molar refractivity (Wildman–Crippen MR) is 113 cm³/mol. The highest BCUT2D eigenvalue weighted by atomic mass is 19.1. The molecule has 3 aromatic heterocycles. The lowest BCUT2D eigenvalue weighted by molar-refractivity contribution is 0.0703. The summed E-state index contributed by atoms with van der Waals surface area (Å²) in [6, 6.07) is 7.62. The summed E-state index contributed by atoms with van der Waals surface area (Å²) >= 11 is 0. The Kier molecular flexibility index (Phi) is 5.29. The molecule has 1 atom stereocenters. The van der Waals surface area contributed by atoms with Gasteiger partial charge in [-0.3, -0.25) is 4.79 Å². The number of ether oxygens (including phenoxy) is 1. The van der Waals surface area contributed by atoms with Crippen molar-refractivity contribution in [3.05, 3.63) is 65.8 Å². The van der Waals surface area contributed by atoms with Crippen LogP contribution in [0.4, 0.5) is 4.39 Å². The van der Waals surface area contributed by atoms with Crippen LogP contribution in [-0.4, -0.2) is 54.6 Å². The number of aryl methyl sites for hydroxylation is 1. The van der Waals surface area contributed by atoms with Crippen LogP contribution in [0.2, 0.25) is 0 Å². The van der Waals surface area contributed by atoms with Crippen molar-refractivity contribution in [3.63, 3.8) is 0 Å². The standard InChI is InChI=1S/C22H20FN7O3/c1-13-8-9-16(30-24-10-11-25-30)18(26-13)22(31)29-12-4-7-17(29)21-27-20(28-33-21)14-5-3-6-15(23)19(14)32-2/h3,5-6,8-11,17H,4,7,12H2,1-2H3/t17-/m0/s1. The van der Waals surface area contributed by atoms with Crippen LogP contribution in [0.5, 0.6) is 5.75 Å². The molecular weight excluding hydrogens is 429 g/mol. The third-order valence-corrected chi connectivity index (χ3v) is 5.50. The lowest BCUT2D eigenvalue weighted by Gasteiger charge is -2.22. The van der Waals surface area contributed by atoms with Crippen LogP contribution in [0, 0.1) is 12.7 Å². The summed E-state index contributed by atoms with van der Waals surface area (Å²) in [5.74, 6) is -0.310. The number of para-hydroxylation sites is 1. The van der Waals surface area contributed by atoms with E-state index >= 15 is 0 Å². The molecule has 1 amide bonds. The van der Waals surface area contributed by atoms with Gasteiger partial charge in [-0.1, -0.05) is 11.2 Å². The Labute approximate surface area is 188 Å². The molecule has 0 N–H and O–H groups in total. The minimum Gasteiger partial charge on any atom is -0.493 e. The van der Waals surface area contributed by atoms with Gasteiger partial charge in [0.2, 0.25) is 11.7 Å². The third kappa shape index (κ3) is 3.71. The first-order valence-electron chi connectivity index (χ1n) is 10.4. The molecule has 10 nitrogen and oxygen atoms in total. The second-order valence-corrected chi connectivity index (χ2v) is 7.57. The van der Waals surface area contributed by atoms with Gasteiger partial charge in [-0.25, -0.2) is 9.37 Å². The molecule has 0 radical (unpaired) electrons. The van der Waals surface area contributed by atoms with Crippen LogP contribution < -0.4 is 4.74 Å². The number of pyridine rings is 1. The van der Waals surface area contributed by atoms with Gasteiger partial charge in [-0.05, 0) is 44.0 Å². The lowest BCUT2D eigenvalue weighted by atomic mass is 10.1. The highest BCUT2D eigenvalue weighted by Crippen LogP contribution is 2.35. The summed E-state index contributed by atoms with van der Waals surface area (Å²) < 4.78 is 24.8. The van der Waals surface area contributed by atoms with Crippen molar-refractivity contribution < 1.29 is 18.4 Å². The topological polar surface area (TPSA) is 112 Å². The molecule has 0 unspecified atom stereocenters. The molecule has 1 fully saturated rings. The molecule has 0 saturated carbocycles. The van der Waals surface area contributed by atoms with Crippen LogP contribution in [0.3, 0.4) is 0 Å². The number of rotatable bonds is 5. The zero-order chi connectivity index (χ0) is 22.9. The molecule has 0 bridgehead atoms. The Morgan fingerprint density at radius 1 is 1.18 bits per heavy atom. The van der Waals surface area contributed by atoms with Gasteiger partial charge in [0.1, 0.15) is 11.7 Å². The van der Waals surface area contributed by atoms with Gasteiger partial charge in [-0.2, -0.15) is 15.2 Å². The van der Waals surface area contributed by atoms with Crippen LogP contribution in [0.1, 0.15) is 41.0 Å². The van der Waals surface area contributed by atoms with Crippen LogP contribution in [0.25, 0.3) is 17.1 Å². The molecule has 1 aliphatic heterocycles. The van der Waals surface area contributed by atoms with E-state index in [4.69, 9.17) is 9.26 Å².